The molecule has 25 heavy (non-hydrogen) atoms. The van der Waals surface area contributed by atoms with E-state index in [9.17, 15) is 14.3 Å². The molecule has 0 unspecified atom stereocenters. The normalized spacial score (nSPS) is 23.3. The van der Waals surface area contributed by atoms with Gasteiger partial charge in [0.2, 0.25) is 0 Å². The number of hydrogen-bond donors (Lipinski definition) is 1. The van der Waals surface area contributed by atoms with Crippen molar-refractivity contribution in [1.82, 2.24) is 9.47 Å². The first-order valence-electron chi connectivity index (χ1n) is 8.86. The molecule has 1 spiro atoms. The summed E-state index contributed by atoms with van der Waals surface area (Å²) >= 11 is 0. The summed E-state index contributed by atoms with van der Waals surface area (Å²) in [6, 6.07) is 6.29. The Morgan fingerprint density at radius 2 is 2.08 bits per heavy atom. The number of aliphatic hydroxyl groups is 1. The molecule has 0 bridgehead atoms. The van der Waals surface area contributed by atoms with Crippen LogP contribution in [0.4, 0.5) is 4.39 Å². The van der Waals surface area contributed by atoms with Gasteiger partial charge in [-0.2, -0.15) is 0 Å². The van der Waals surface area contributed by atoms with Crippen molar-refractivity contribution in [3.8, 4) is 0 Å². The number of carbonyl (C=O) groups excluding carboxylic acids is 1. The zero-order chi connectivity index (χ0) is 17.6. The van der Waals surface area contributed by atoms with Crippen molar-refractivity contribution in [3.05, 3.63) is 35.8 Å². The fourth-order valence-electron chi connectivity index (χ4n) is 4.16. The maximum absolute atomic E-state index is 13.4. The minimum absolute atomic E-state index is 0.0562. The molecule has 134 valence electrons. The predicted octanol–water partition coefficient (Wildman–Crippen LogP) is 2.46. The lowest BCUT2D eigenvalue weighted by Crippen LogP contribution is -2.56. The van der Waals surface area contributed by atoms with Crippen molar-refractivity contribution in [1.29, 1.82) is 0 Å². The monoisotopic (exact) mass is 346 g/mol. The number of ether oxygens (including phenoxy) is 1. The Balaban J connectivity index is 1.54. The van der Waals surface area contributed by atoms with Gasteiger partial charge in [0.15, 0.2) is 0 Å². The number of hydrogen-bond acceptors (Lipinski definition) is 3. The molecule has 0 saturated carbocycles. The number of rotatable bonds is 1. The second-order valence-electron chi connectivity index (χ2n) is 7.16. The third-order valence-corrected chi connectivity index (χ3v) is 5.74. The van der Waals surface area contributed by atoms with Crippen LogP contribution in [0, 0.1) is 5.82 Å². The fraction of sp³-hybridized carbons (Fsp3) is 0.526. The van der Waals surface area contributed by atoms with E-state index in [4.69, 9.17) is 4.74 Å². The highest BCUT2D eigenvalue weighted by molar-refractivity contribution is 5.98. The third-order valence-electron chi connectivity index (χ3n) is 5.74. The van der Waals surface area contributed by atoms with Crippen molar-refractivity contribution in [3.63, 3.8) is 0 Å². The first-order chi connectivity index (χ1) is 12.0. The van der Waals surface area contributed by atoms with Gasteiger partial charge in [-0.05, 0) is 49.9 Å². The molecule has 1 aromatic heterocycles. The molecule has 5 nitrogen and oxygen atoms in total. The first kappa shape index (κ1) is 16.5. The number of nitrogens with zero attached hydrogens (tertiary/aromatic N) is 2. The van der Waals surface area contributed by atoms with Gasteiger partial charge < -0.3 is 19.3 Å². The van der Waals surface area contributed by atoms with E-state index in [1.165, 1.54) is 12.1 Å². The molecule has 0 radical (unpaired) electrons. The number of aliphatic hydroxyl groups excluding tert-OH is 1. The van der Waals surface area contributed by atoms with Crippen LogP contribution in [-0.4, -0.2) is 51.9 Å². The van der Waals surface area contributed by atoms with Crippen LogP contribution in [0.15, 0.2) is 24.3 Å². The van der Waals surface area contributed by atoms with Gasteiger partial charge in [-0.1, -0.05) is 0 Å². The van der Waals surface area contributed by atoms with E-state index in [-0.39, 0.29) is 11.7 Å². The minimum Gasteiger partial charge on any atom is -0.390 e. The van der Waals surface area contributed by atoms with E-state index in [2.05, 4.69) is 0 Å². The van der Waals surface area contributed by atoms with Crippen molar-refractivity contribution >= 4 is 16.8 Å². The Morgan fingerprint density at radius 1 is 1.32 bits per heavy atom. The van der Waals surface area contributed by atoms with Gasteiger partial charge in [-0.3, -0.25) is 4.79 Å². The van der Waals surface area contributed by atoms with Crippen LogP contribution in [0.25, 0.3) is 10.9 Å². The van der Waals surface area contributed by atoms with Crippen LogP contribution in [0.2, 0.25) is 0 Å². The molecule has 1 N–H and O–H groups in total. The number of carbonyl (C=O) groups is 1. The van der Waals surface area contributed by atoms with Crippen LogP contribution in [0.1, 0.15) is 36.2 Å². The number of fused-ring (bicyclic) bond motifs is 1. The maximum atomic E-state index is 13.4. The van der Waals surface area contributed by atoms with Gasteiger partial charge in [-0.25, -0.2) is 4.39 Å². The summed E-state index contributed by atoms with van der Waals surface area (Å²) in [6.07, 6.45) is 2.51. The van der Waals surface area contributed by atoms with Gasteiger partial charge in [0, 0.05) is 37.6 Å². The Labute approximate surface area is 146 Å². The molecule has 1 aromatic carbocycles. The highest BCUT2D eigenvalue weighted by Gasteiger charge is 2.44. The average Bonchev–Trinajstić information content (AvgIpc) is 2.94. The largest absolute Gasteiger partial charge is 0.390 e. The Kier molecular flexibility index (Phi) is 4.04. The third kappa shape index (κ3) is 2.73. The van der Waals surface area contributed by atoms with Crippen molar-refractivity contribution < 1.29 is 19.0 Å². The Hall–Kier alpha value is -1.92. The minimum atomic E-state index is -0.489. The number of likely N-dealkylation sites (tertiary alicyclic amines) is 1. The molecule has 4 rings (SSSR count). The van der Waals surface area contributed by atoms with Crippen LogP contribution in [0.3, 0.4) is 0 Å². The van der Waals surface area contributed by atoms with Crippen LogP contribution < -0.4 is 0 Å². The number of aryl methyl sites for hydroxylation is 1. The summed E-state index contributed by atoms with van der Waals surface area (Å²) in [5.41, 5.74) is 0.905. The van der Waals surface area contributed by atoms with E-state index in [0.717, 1.165) is 23.7 Å². The molecule has 1 amide bonds. The van der Waals surface area contributed by atoms with Gasteiger partial charge in [-0.15, -0.1) is 0 Å². The van der Waals surface area contributed by atoms with Gasteiger partial charge in [0.25, 0.3) is 5.91 Å². The Bertz CT molecular complexity index is 808. The van der Waals surface area contributed by atoms with E-state index >= 15 is 0 Å². The lowest BCUT2D eigenvalue weighted by atomic mass is 9.82. The zero-order valence-electron chi connectivity index (χ0n) is 14.4. The summed E-state index contributed by atoms with van der Waals surface area (Å²) < 4.78 is 21.1. The van der Waals surface area contributed by atoms with Crippen LogP contribution in [0.5, 0.6) is 0 Å². The average molecular weight is 346 g/mol. The summed E-state index contributed by atoms with van der Waals surface area (Å²) in [5, 5.41) is 11.1. The van der Waals surface area contributed by atoms with Crippen LogP contribution in [-0.2, 0) is 11.8 Å². The highest BCUT2D eigenvalue weighted by Crippen LogP contribution is 2.35. The summed E-state index contributed by atoms with van der Waals surface area (Å²) in [6.45, 7) is 1.80. The molecular weight excluding hydrogens is 323 g/mol. The Morgan fingerprint density at radius 3 is 2.80 bits per heavy atom. The van der Waals surface area contributed by atoms with Crippen molar-refractivity contribution in [2.45, 2.75) is 37.4 Å². The standard InChI is InChI=1S/C19H23FN2O3/c1-21-15-5-4-14(20)11-13(15)12-16(21)18(24)22-8-6-19(7-9-22)17(23)3-2-10-25-19/h4-5,11-12,17,23H,2-3,6-10H2,1H3/t17-/m1/s1. The number of halogens is 1. The topological polar surface area (TPSA) is 54.7 Å². The molecule has 2 fully saturated rings. The number of amides is 1. The smallest absolute Gasteiger partial charge is 0.270 e. The first-order valence-corrected chi connectivity index (χ1v) is 8.86. The molecule has 3 heterocycles. The summed E-state index contributed by atoms with van der Waals surface area (Å²) in [5.74, 6) is -0.361. The highest BCUT2D eigenvalue weighted by atomic mass is 19.1. The fourth-order valence-corrected chi connectivity index (χ4v) is 4.16. The van der Waals surface area contributed by atoms with Gasteiger partial charge in [0.1, 0.15) is 11.5 Å². The second-order valence-corrected chi connectivity index (χ2v) is 7.16. The maximum Gasteiger partial charge on any atom is 0.270 e. The molecule has 2 saturated heterocycles. The molecule has 6 heteroatoms. The number of aromatic nitrogens is 1. The molecular formula is C19H23FN2O3. The molecule has 0 aliphatic carbocycles. The van der Waals surface area contributed by atoms with Crippen molar-refractivity contribution in [2.24, 2.45) is 7.05 Å². The molecule has 2 aliphatic heterocycles. The molecule has 2 aliphatic rings. The van der Waals surface area contributed by atoms with E-state index in [0.29, 0.717) is 38.2 Å². The van der Waals surface area contributed by atoms with Gasteiger partial charge in [0.05, 0.1) is 11.7 Å². The lowest BCUT2D eigenvalue weighted by Gasteiger charge is -2.46. The SMILES string of the molecule is Cn1c(C(=O)N2CCC3(CC2)OCCC[C@H]3O)cc2cc(F)ccc21. The lowest BCUT2D eigenvalue weighted by molar-refractivity contribution is -0.174. The summed E-state index contributed by atoms with van der Waals surface area (Å²) in [7, 11) is 1.83. The number of piperidine rings is 1. The van der Waals surface area contributed by atoms with E-state index in [1.807, 2.05) is 11.6 Å². The van der Waals surface area contributed by atoms with E-state index in [1.54, 1.807) is 17.0 Å². The predicted molar refractivity (Wildman–Crippen MR) is 91.9 cm³/mol. The van der Waals surface area contributed by atoms with Crippen molar-refractivity contribution in [2.75, 3.05) is 19.7 Å². The quantitative estimate of drug-likeness (QED) is 0.863. The molecule has 2 aromatic rings. The zero-order valence-corrected chi connectivity index (χ0v) is 14.4. The number of benzene rings is 1. The second kappa shape index (κ2) is 6.11. The van der Waals surface area contributed by atoms with Crippen LogP contribution >= 0.6 is 0 Å². The summed E-state index contributed by atoms with van der Waals surface area (Å²) in [4.78, 5) is 14.7. The molecule has 1 atom stereocenters. The van der Waals surface area contributed by atoms with E-state index < -0.39 is 11.7 Å². The van der Waals surface area contributed by atoms with Gasteiger partial charge >= 0.3 is 0 Å².